The molecule has 2 fully saturated rings. The molecule has 1 aromatic carbocycles. The number of nitrogens with zero attached hydrogens (tertiary/aromatic N) is 2. The molecule has 0 heterocycles. The summed E-state index contributed by atoms with van der Waals surface area (Å²) in [6, 6.07) is 11.5. The van der Waals surface area contributed by atoms with Crippen molar-refractivity contribution in [2.75, 3.05) is 0 Å². The van der Waals surface area contributed by atoms with Gasteiger partial charge in [-0.3, -0.25) is 0 Å². The SMILES string of the molecule is CC(=O)ON=C1C=C2CCC3C(=C2CC1)CC[C@@]1(C)C3CC[C@]1(CC#N)OC(=O)c1ccccc1. The molecule has 0 aromatic heterocycles. The normalized spacial score (nSPS) is 32.6. The molecule has 1 aromatic rings. The first-order valence-corrected chi connectivity index (χ1v) is 12.7. The van der Waals surface area contributed by atoms with E-state index in [2.05, 4.69) is 24.2 Å². The van der Waals surface area contributed by atoms with Crippen molar-refractivity contribution in [1.29, 1.82) is 5.26 Å². The Bertz CT molecular complexity index is 1170. The van der Waals surface area contributed by atoms with Gasteiger partial charge in [-0.25, -0.2) is 9.59 Å². The molecule has 4 atom stereocenters. The van der Waals surface area contributed by atoms with Gasteiger partial charge >= 0.3 is 11.9 Å². The van der Waals surface area contributed by atoms with Crippen molar-refractivity contribution in [3.63, 3.8) is 0 Å². The van der Waals surface area contributed by atoms with Gasteiger partial charge in [0.1, 0.15) is 5.60 Å². The van der Waals surface area contributed by atoms with Crippen molar-refractivity contribution >= 4 is 17.7 Å². The lowest BCUT2D eigenvalue weighted by molar-refractivity contribution is -0.140. The maximum atomic E-state index is 13.1. The Morgan fingerprint density at radius 2 is 1.91 bits per heavy atom. The second-order valence-electron chi connectivity index (χ2n) is 10.6. The number of hydrogen-bond acceptors (Lipinski definition) is 6. The third-order valence-electron chi connectivity index (χ3n) is 8.99. The molecule has 6 heteroatoms. The summed E-state index contributed by atoms with van der Waals surface area (Å²) in [5, 5.41) is 13.8. The third-order valence-corrected chi connectivity index (χ3v) is 8.99. The molecule has 0 N–H and O–H groups in total. The molecule has 6 nitrogen and oxygen atoms in total. The Labute approximate surface area is 206 Å². The van der Waals surface area contributed by atoms with Gasteiger partial charge in [-0.05, 0) is 92.6 Å². The fourth-order valence-corrected chi connectivity index (χ4v) is 7.26. The molecule has 4 aliphatic rings. The summed E-state index contributed by atoms with van der Waals surface area (Å²) in [6.45, 7) is 3.63. The van der Waals surface area contributed by atoms with Gasteiger partial charge in [0.2, 0.25) is 0 Å². The van der Waals surface area contributed by atoms with Gasteiger partial charge in [-0.15, -0.1) is 0 Å². The van der Waals surface area contributed by atoms with E-state index in [1.165, 1.54) is 18.1 Å². The summed E-state index contributed by atoms with van der Waals surface area (Å²) >= 11 is 0. The molecule has 0 amide bonds. The summed E-state index contributed by atoms with van der Waals surface area (Å²) < 4.78 is 6.30. The van der Waals surface area contributed by atoms with Gasteiger partial charge < -0.3 is 9.57 Å². The Hall–Kier alpha value is -3.20. The first-order chi connectivity index (χ1) is 16.9. The molecule has 0 spiro atoms. The predicted octanol–water partition coefficient (Wildman–Crippen LogP) is 6.05. The lowest BCUT2D eigenvalue weighted by Crippen LogP contribution is -2.52. The van der Waals surface area contributed by atoms with E-state index in [1.807, 2.05) is 18.2 Å². The van der Waals surface area contributed by atoms with Crippen LogP contribution in [0.2, 0.25) is 0 Å². The summed E-state index contributed by atoms with van der Waals surface area (Å²) in [4.78, 5) is 29.1. The Kier molecular flexibility index (Phi) is 6.13. The van der Waals surface area contributed by atoms with Crippen LogP contribution in [-0.2, 0) is 14.4 Å². The molecule has 35 heavy (non-hydrogen) atoms. The second-order valence-corrected chi connectivity index (χ2v) is 10.6. The third kappa shape index (κ3) is 4.01. The molecule has 5 rings (SSSR count). The van der Waals surface area contributed by atoms with E-state index in [-0.39, 0.29) is 17.8 Å². The highest BCUT2D eigenvalue weighted by Gasteiger charge is 2.63. The molecule has 0 bridgehead atoms. The lowest BCUT2D eigenvalue weighted by Gasteiger charge is -2.52. The number of nitriles is 1. The van der Waals surface area contributed by atoms with Gasteiger partial charge in [0, 0.05) is 12.3 Å². The van der Waals surface area contributed by atoms with Gasteiger partial charge in [-0.1, -0.05) is 35.9 Å². The molecule has 2 unspecified atom stereocenters. The largest absolute Gasteiger partial charge is 0.454 e. The average Bonchev–Trinajstić information content (AvgIpc) is 3.15. The number of rotatable bonds is 4. The number of oxime groups is 1. The topological polar surface area (TPSA) is 88.8 Å². The minimum atomic E-state index is -0.748. The zero-order chi connectivity index (χ0) is 24.6. The van der Waals surface area contributed by atoms with E-state index in [0.29, 0.717) is 17.4 Å². The molecule has 2 saturated carbocycles. The van der Waals surface area contributed by atoms with Crippen LogP contribution in [0.5, 0.6) is 0 Å². The molecule has 0 aliphatic heterocycles. The number of carbonyl (C=O) groups excluding carboxylic acids is 2. The van der Waals surface area contributed by atoms with Crippen LogP contribution in [0, 0.1) is 28.6 Å². The van der Waals surface area contributed by atoms with Crippen molar-refractivity contribution in [2.45, 2.75) is 77.2 Å². The van der Waals surface area contributed by atoms with Crippen LogP contribution >= 0.6 is 0 Å². The molecule has 0 saturated heterocycles. The van der Waals surface area contributed by atoms with Gasteiger partial charge in [0.25, 0.3) is 0 Å². The first kappa shape index (κ1) is 23.5. The van der Waals surface area contributed by atoms with E-state index in [1.54, 1.807) is 17.7 Å². The molecular formula is C29H32N2O4. The molecule has 4 aliphatic carbocycles. The quantitative estimate of drug-likeness (QED) is 0.302. The minimum absolute atomic E-state index is 0.222. The number of carbonyl (C=O) groups is 2. The van der Waals surface area contributed by atoms with Crippen LogP contribution in [-0.4, -0.2) is 23.3 Å². The van der Waals surface area contributed by atoms with Crippen LogP contribution in [0.4, 0.5) is 0 Å². The minimum Gasteiger partial charge on any atom is -0.454 e. The number of benzene rings is 1. The van der Waals surface area contributed by atoms with E-state index < -0.39 is 11.6 Å². The van der Waals surface area contributed by atoms with Crippen LogP contribution in [0.15, 0.2) is 58.3 Å². The fourth-order valence-electron chi connectivity index (χ4n) is 7.26. The highest BCUT2D eigenvalue weighted by molar-refractivity contribution is 5.97. The smallest absolute Gasteiger partial charge is 0.338 e. The Morgan fingerprint density at radius 1 is 1.11 bits per heavy atom. The van der Waals surface area contributed by atoms with Gasteiger partial charge in [0.05, 0.1) is 23.8 Å². The monoisotopic (exact) mass is 472 g/mol. The summed E-state index contributed by atoms with van der Waals surface area (Å²) in [6.07, 6.45) is 9.67. The highest BCUT2D eigenvalue weighted by Crippen LogP contribution is 2.65. The van der Waals surface area contributed by atoms with E-state index >= 15 is 0 Å². The van der Waals surface area contributed by atoms with Crippen molar-refractivity contribution < 1.29 is 19.2 Å². The predicted molar refractivity (Wildman–Crippen MR) is 131 cm³/mol. The second kappa shape index (κ2) is 9.11. The summed E-state index contributed by atoms with van der Waals surface area (Å²) in [5.74, 6) is 0.134. The Balaban J connectivity index is 1.43. The molecule has 182 valence electrons. The molecule has 0 radical (unpaired) electrons. The van der Waals surface area contributed by atoms with Crippen molar-refractivity contribution in [2.24, 2.45) is 22.4 Å². The van der Waals surface area contributed by atoms with Crippen LogP contribution in [0.25, 0.3) is 0 Å². The van der Waals surface area contributed by atoms with Crippen molar-refractivity contribution in [3.8, 4) is 6.07 Å². The van der Waals surface area contributed by atoms with E-state index in [0.717, 1.165) is 57.1 Å². The van der Waals surface area contributed by atoms with Crippen molar-refractivity contribution in [3.05, 3.63) is 58.7 Å². The lowest BCUT2D eigenvalue weighted by atomic mass is 9.54. The summed E-state index contributed by atoms with van der Waals surface area (Å²) in [7, 11) is 0. The maximum Gasteiger partial charge on any atom is 0.338 e. The first-order valence-electron chi connectivity index (χ1n) is 12.7. The Morgan fingerprint density at radius 3 is 2.66 bits per heavy atom. The molecular weight excluding hydrogens is 440 g/mol. The number of hydrogen-bond donors (Lipinski definition) is 0. The zero-order valence-corrected chi connectivity index (χ0v) is 20.5. The number of allylic oxidation sites excluding steroid dienone is 4. The van der Waals surface area contributed by atoms with Gasteiger partial charge in [0.15, 0.2) is 0 Å². The zero-order valence-electron chi connectivity index (χ0n) is 20.5. The van der Waals surface area contributed by atoms with Crippen LogP contribution < -0.4 is 0 Å². The highest BCUT2D eigenvalue weighted by atomic mass is 16.7. The average molecular weight is 473 g/mol. The van der Waals surface area contributed by atoms with Crippen molar-refractivity contribution in [1.82, 2.24) is 0 Å². The summed E-state index contributed by atoms with van der Waals surface area (Å²) in [5.41, 5.74) is 4.75. The number of ether oxygens (including phenoxy) is 1. The van der Waals surface area contributed by atoms with E-state index in [9.17, 15) is 14.9 Å². The van der Waals surface area contributed by atoms with Gasteiger partial charge in [-0.2, -0.15) is 5.26 Å². The number of fused-ring (bicyclic) bond motifs is 4. The maximum absolute atomic E-state index is 13.1. The standard InChI is InChI=1S/C29H32N2O4/c1-19(32)35-31-22-9-11-23-21(18-22)8-10-25-24(23)12-14-28(2)26(25)13-15-29(28,16-17-30)34-27(33)20-6-4-3-5-7-20/h3-7,18,25-26H,8-16H2,1-2H3/t25?,26?,28-,29+/m0/s1. The van der Waals surface area contributed by atoms with Crippen LogP contribution in [0.3, 0.4) is 0 Å². The van der Waals surface area contributed by atoms with Crippen LogP contribution in [0.1, 0.15) is 82.0 Å². The fraction of sp³-hybridized carbons (Fsp3) is 0.517. The number of esters is 1. The van der Waals surface area contributed by atoms with E-state index in [4.69, 9.17) is 9.57 Å².